The molecule has 1 aromatic rings. The van der Waals surface area contributed by atoms with E-state index in [-0.39, 0.29) is 22.8 Å². The molecule has 0 saturated heterocycles. The molecule has 2 heterocycles. The summed E-state index contributed by atoms with van der Waals surface area (Å²) in [5.74, 6) is 0.881. The molecule has 0 atom stereocenters. The lowest BCUT2D eigenvalue weighted by molar-refractivity contribution is -0.128. The summed E-state index contributed by atoms with van der Waals surface area (Å²) in [6.07, 6.45) is 6.34. The van der Waals surface area contributed by atoms with Crippen LogP contribution < -0.4 is 11.1 Å². The molecule has 0 radical (unpaired) electrons. The highest BCUT2D eigenvalue weighted by atomic mass is 16.2. The van der Waals surface area contributed by atoms with Crippen molar-refractivity contribution in [3.05, 3.63) is 23.4 Å². The Balaban J connectivity index is 1.94. The van der Waals surface area contributed by atoms with Gasteiger partial charge < -0.3 is 11.1 Å². The molecule has 4 nitrogen and oxygen atoms in total. The molecule has 3 rings (SSSR count). The molecule has 1 fully saturated rings. The second-order valence-electron chi connectivity index (χ2n) is 7.73. The lowest BCUT2D eigenvalue weighted by Crippen LogP contribution is -2.46. The average molecular weight is 287 g/mol. The van der Waals surface area contributed by atoms with E-state index in [1.807, 2.05) is 6.20 Å². The number of carbonyl (C=O) groups excluding carboxylic acids is 1. The molecule has 4 heteroatoms. The van der Waals surface area contributed by atoms with Crippen LogP contribution in [0.1, 0.15) is 57.6 Å². The summed E-state index contributed by atoms with van der Waals surface area (Å²) in [6.45, 7) is 6.56. The van der Waals surface area contributed by atoms with Crippen molar-refractivity contribution in [2.24, 2.45) is 11.1 Å². The van der Waals surface area contributed by atoms with Crippen LogP contribution in [0, 0.1) is 5.41 Å². The minimum absolute atomic E-state index is 0.0750. The minimum Gasteiger partial charge on any atom is -0.328 e. The SMILES string of the molecule is CC(C)(C)c1cnc2c(c1)CC1(CCC(N)CC1)C(=O)N2. The maximum absolute atomic E-state index is 12.5. The van der Waals surface area contributed by atoms with E-state index in [0.29, 0.717) is 0 Å². The Labute approximate surface area is 126 Å². The number of rotatable bonds is 0. The van der Waals surface area contributed by atoms with Gasteiger partial charge in [0.05, 0.1) is 5.41 Å². The van der Waals surface area contributed by atoms with E-state index in [2.05, 4.69) is 37.1 Å². The third-order valence-electron chi connectivity index (χ3n) is 5.06. The number of fused-ring (bicyclic) bond motifs is 1. The zero-order valence-corrected chi connectivity index (χ0v) is 13.2. The Morgan fingerprint density at radius 2 is 2.00 bits per heavy atom. The number of hydrogen-bond donors (Lipinski definition) is 2. The van der Waals surface area contributed by atoms with E-state index < -0.39 is 0 Å². The summed E-state index contributed by atoms with van der Waals surface area (Å²) < 4.78 is 0. The lowest BCUT2D eigenvalue weighted by atomic mass is 9.67. The fraction of sp³-hybridized carbons (Fsp3) is 0.647. The van der Waals surface area contributed by atoms with Crippen LogP contribution >= 0.6 is 0 Å². The number of anilines is 1. The third-order valence-corrected chi connectivity index (χ3v) is 5.06. The molecule has 1 aliphatic heterocycles. The van der Waals surface area contributed by atoms with Crippen LogP contribution in [0.3, 0.4) is 0 Å². The summed E-state index contributed by atoms with van der Waals surface area (Å²) in [5, 5.41) is 3.02. The van der Waals surface area contributed by atoms with E-state index in [0.717, 1.165) is 37.9 Å². The van der Waals surface area contributed by atoms with E-state index in [1.165, 1.54) is 11.1 Å². The van der Waals surface area contributed by atoms with Crippen LogP contribution in [0.25, 0.3) is 0 Å². The van der Waals surface area contributed by atoms with Gasteiger partial charge in [-0.2, -0.15) is 0 Å². The predicted molar refractivity (Wildman–Crippen MR) is 84.1 cm³/mol. The summed E-state index contributed by atoms with van der Waals surface area (Å²) in [5.41, 5.74) is 8.21. The van der Waals surface area contributed by atoms with Crippen LogP contribution in [0.5, 0.6) is 0 Å². The van der Waals surface area contributed by atoms with Crippen molar-refractivity contribution in [3.8, 4) is 0 Å². The van der Waals surface area contributed by atoms with Crippen LogP contribution in [0.2, 0.25) is 0 Å². The molecule has 0 bridgehead atoms. The maximum Gasteiger partial charge on any atom is 0.232 e. The van der Waals surface area contributed by atoms with Gasteiger partial charge in [0, 0.05) is 12.2 Å². The molecule has 0 aromatic carbocycles. The zero-order valence-electron chi connectivity index (χ0n) is 13.2. The second kappa shape index (κ2) is 4.80. The lowest BCUT2D eigenvalue weighted by Gasteiger charge is -2.41. The summed E-state index contributed by atoms with van der Waals surface area (Å²) in [7, 11) is 0. The molecule has 0 unspecified atom stereocenters. The van der Waals surface area contributed by atoms with Crippen molar-refractivity contribution >= 4 is 11.7 Å². The smallest absolute Gasteiger partial charge is 0.232 e. The standard InChI is InChI=1S/C17H25N3O/c1-16(2,3)12-8-11-9-17(6-4-13(18)5-7-17)15(21)20-14(11)19-10-12/h8,10,13H,4-7,9,18H2,1-3H3,(H,19,20,21). The van der Waals surface area contributed by atoms with Crippen molar-refractivity contribution in [2.75, 3.05) is 5.32 Å². The Hall–Kier alpha value is -1.42. The average Bonchev–Trinajstić information content (AvgIpc) is 2.42. The highest BCUT2D eigenvalue weighted by Crippen LogP contribution is 2.44. The highest BCUT2D eigenvalue weighted by molar-refractivity contribution is 5.97. The van der Waals surface area contributed by atoms with Crippen molar-refractivity contribution in [2.45, 2.75) is 64.3 Å². The first-order valence-electron chi connectivity index (χ1n) is 7.87. The Bertz CT molecular complexity index is 566. The fourth-order valence-corrected chi connectivity index (χ4v) is 3.45. The predicted octanol–water partition coefficient (Wildman–Crippen LogP) is 2.76. The van der Waals surface area contributed by atoms with Gasteiger partial charge in [-0.1, -0.05) is 26.8 Å². The molecule has 1 aliphatic carbocycles. The van der Waals surface area contributed by atoms with E-state index in [1.54, 1.807) is 0 Å². The number of hydrogen-bond acceptors (Lipinski definition) is 3. The molecular formula is C17H25N3O. The van der Waals surface area contributed by atoms with Gasteiger partial charge >= 0.3 is 0 Å². The number of nitrogens with two attached hydrogens (primary N) is 1. The molecule has 1 spiro atoms. The molecule has 1 amide bonds. The topological polar surface area (TPSA) is 68.0 Å². The minimum atomic E-state index is -0.263. The van der Waals surface area contributed by atoms with Crippen molar-refractivity contribution in [3.63, 3.8) is 0 Å². The first-order chi connectivity index (χ1) is 9.80. The largest absolute Gasteiger partial charge is 0.328 e. The van der Waals surface area contributed by atoms with Crippen molar-refractivity contribution in [1.29, 1.82) is 0 Å². The van der Waals surface area contributed by atoms with Gasteiger partial charge in [0.25, 0.3) is 0 Å². The second-order valence-corrected chi connectivity index (χ2v) is 7.73. The van der Waals surface area contributed by atoms with Gasteiger partial charge in [-0.3, -0.25) is 4.79 Å². The van der Waals surface area contributed by atoms with Crippen LogP contribution in [-0.2, 0) is 16.6 Å². The monoisotopic (exact) mass is 287 g/mol. The van der Waals surface area contributed by atoms with Gasteiger partial charge in [-0.05, 0) is 48.6 Å². The maximum atomic E-state index is 12.5. The molecule has 114 valence electrons. The van der Waals surface area contributed by atoms with Crippen LogP contribution in [-0.4, -0.2) is 16.9 Å². The first kappa shape index (κ1) is 14.5. The number of aromatic nitrogens is 1. The Morgan fingerprint density at radius 1 is 1.33 bits per heavy atom. The molecule has 21 heavy (non-hydrogen) atoms. The Kier molecular flexibility index (Phi) is 3.32. The molecule has 3 N–H and O–H groups in total. The highest BCUT2D eigenvalue weighted by Gasteiger charge is 2.44. The first-order valence-corrected chi connectivity index (χ1v) is 7.87. The van der Waals surface area contributed by atoms with E-state index in [4.69, 9.17) is 5.73 Å². The number of amides is 1. The fourth-order valence-electron chi connectivity index (χ4n) is 3.45. The van der Waals surface area contributed by atoms with E-state index in [9.17, 15) is 4.79 Å². The van der Waals surface area contributed by atoms with Gasteiger partial charge in [-0.15, -0.1) is 0 Å². The van der Waals surface area contributed by atoms with Crippen molar-refractivity contribution < 1.29 is 4.79 Å². The third kappa shape index (κ3) is 2.57. The summed E-state index contributed by atoms with van der Waals surface area (Å²) >= 11 is 0. The zero-order chi connectivity index (χ0) is 15.3. The molecular weight excluding hydrogens is 262 g/mol. The molecule has 1 saturated carbocycles. The number of pyridine rings is 1. The van der Waals surface area contributed by atoms with Crippen LogP contribution in [0.4, 0.5) is 5.82 Å². The Morgan fingerprint density at radius 3 is 2.62 bits per heavy atom. The summed E-state index contributed by atoms with van der Waals surface area (Å²) in [6, 6.07) is 2.47. The number of carbonyl (C=O) groups is 1. The van der Waals surface area contributed by atoms with Gasteiger partial charge in [0.1, 0.15) is 5.82 Å². The number of nitrogens with zero attached hydrogens (tertiary/aromatic N) is 1. The number of nitrogens with one attached hydrogen (secondary N) is 1. The van der Waals surface area contributed by atoms with Gasteiger partial charge in [0.15, 0.2) is 0 Å². The normalized spacial score (nSPS) is 29.1. The van der Waals surface area contributed by atoms with Gasteiger partial charge in [-0.25, -0.2) is 4.98 Å². The van der Waals surface area contributed by atoms with Crippen molar-refractivity contribution in [1.82, 2.24) is 4.98 Å². The van der Waals surface area contributed by atoms with Gasteiger partial charge in [0.2, 0.25) is 5.91 Å². The molecule has 2 aliphatic rings. The quantitative estimate of drug-likeness (QED) is 0.771. The van der Waals surface area contributed by atoms with E-state index >= 15 is 0 Å². The molecule has 1 aromatic heterocycles. The van der Waals surface area contributed by atoms with Crippen LogP contribution in [0.15, 0.2) is 12.3 Å². The summed E-state index contributed by atoms with van der Waals surface area (Å²) in [4.78, 5) is 17.0.